The van der Waals surface area contributed by atoms with Gasteiger partial charge in [0.15, 0.2) is 0 Å². The summed E-state index contributed by atoms with van der Waals surface area (Å²) < 4.78 is 33.5. The number of ether oxygens (including phenoxy) is 1. The summed E-state index contributed by atoms with van der Waals surface area (Å²) in [7, 11) is 0. The Labute approximate surface area is 228 Å². The standard InChI is InChI=1S/C29H38F2N6O2/c30-29(31)10-14-36(15-11-29)25(21-16-33-28(34-17-21)39-19-20-6-7-20)18-32-27(38)23-4-3-5-24-22(23)8-9-26(35-24)37-12-1-2-13-37/h8-9,16-17,20,23,25H,1-7,10-15,18-19H2,(H,32,38). The smallest absolute Gasteiger partial charge is 0.316 e. The van der Waals surface area contributed by atoms with E-state index in [1.807, 2.05) is 4.90 Å². The molecule has 3 fully saturated rings. The van der Waals surface area contributed by atoms with Crippen molar-refractivity contribution in [1.29, 1.82) is 0 Å². The fraction of sp³-hybridized carbons (Fsp3) is 0.655. The van der Waals surface area contributed by atoms with Crippen LogP contribution in [0.25, 0.3) is 0 Å². The molecule has 4 aliphatic rings. The highest BCUT2D eigenvalue weighted by molar-refractivity contribution is 5.84. The molecule has 2 unspecified atom stereocenters. The summed E-state index contributed by atoms with van der Waals surface area (Å²) in [5.74, 6) is -1.33. The van der Waals surface area contributed by atoms with Crippen LogP contribution in [0.5, 0.6) is 6.01 Å². The zero-order chi connectivity index (χ0) is 26.8. The predicted molar refractivity (Wildman–Crippen MR) is 143 cm³/mol. The number of aryl methyl sites for hydroxylation is 1. The van der Waals surface area contributed by atoms with Crippen molar-refractivity contribution in [1.82, 2.24) is 25.2 Å². The Morgan fingerprint density at radius 1 is 1.05 bits per heavy atom. The first-order valence-corrected chi connectivity index (χ1v) is 14.5. The largest absolute Gasteiger partial charge is 0.463 e. The number of rotatable bonds is 9. The number of halogens is 2. The number of anilines is 1. The van der Waals surface area contributed by atoms with E-state index in [9.17, 15) is 13.6 Å². The van der Waals surface area contributed by atoms with Crippen molar-refractivity contribution in [2.75, 3.05) is 44.2 Å². The molecule has 10 heteroatoms. The summed E-state index contributed by atoms with van der Waals surface area (Å²) in [4.78, 5) is 31.5. The van der Waals surface area contributed by atoms with E-state index in [1.165, 1.54) is 25.7 Å². The number of amides is 1. The van der Waals surface area contributed by atoms with Crippen LogP contribution in [0.15, 0.2) is 24.5 Å². The number of nitrogens with zero attached hydrogens (tertiary/aromatic N) is 5. The molecular formula is C29H38F2N6O2. The van der Waals surface area contributed by atoms with E-state index in [0.29, 0.717) is 25.1 Å². The van der Waals surface area contributed by atoms with Crippen LogP contribution in [0.2, 0.25) is 0 Å². The lowest BCUT2D eigenvalue weighted by molar-refractivity contribution is -0.123. The van der Waals surface area contributed by atoms with Crippen molar-refractivity contribution in [2.24, 2.45) is 5.92 Å². The number of carbonyl (C=O) groups is 1. The number of nitrogens with one attached hydrogen (secondary N) is 1. The lowest BCUT2D eigenvalue weighted by atomic mass is 9.85. The molecule has 2 saturated heterocycles. The summed E-state index contributed by atoms with van der Waals surface area (Å²) in [5, 5.41) is 3.15. The highest BCUT2D eigenvalue weighted by Crippen LogP contribution is 2.35. The van der Waals surface area contributed by atoms with E-state index in [4.69, 9.17) is 9.72 Å². The topological polar surface area (TPSA) is 83.5 Å². The number of carbonyl (C=O) groups excluding carboxylic acids is 1. The van der Waals surface area contributed by atoms with Gasteiger partial charge in [-0.05, 0) is 62.5 Å². The average molecular weight is 541 g/mol. The van der Waals surface area contributed by atoms with Crippen LogP contribution in [-0.2, 0) is 11.2 Å². The maximum absolute atomic E-state index is 13.9. The number of alkyl halides is 2. The Bertz CT molecular complexity index is 1140. The molecule has 0 aromatic carbocycles. The van der Waals surface area contributed by atoms with Gasteiger partial charge in [-0.15, -0.1) is 0 Å². The second kappa shape index (κ2) is 11.3. The van der Waals surface area contributed by atoms with Gasteiger partial charge in [0.2, 0.25) is 5.91 Å². The van der Waals surface area contributed by atoms with Crippen molar-refractivity contribution in [2.45, 2.75) is 75.7 Å². The third kappa shape index (κ3) is 6.31. The van der Waals surface area contributed by atoms with E-state index in [2.05, 4.69) is 32.3 Å². The number of hydrogen-bond donors (Lipinski definition) is 1. The lowest BCUT2D eigenvalue weighted by Crippen LogP contribution is -2.45. The van der Waals surface area contributed by atoms with Gasteiger partial charge in [0.1, 0.15) is 5.82 Å². The van der Waals surface area contributed by atoms with Crippen LogP contribution >= 0.6 is 0 Å². The zero-order valence-corrected chi connectivity index (χ0v) is 22.5. The van der Waals surface area contributed by atoms with Gasteiger partial charge in [-0.1, -0.05) is 6.07 Å². The third-order valence-electron chi connectivity index (χ3n) is 8.64. The number of aromatic nitrogens is 3. The van der Waals surface area contributed by atoms with Gasteiger partial charge in [0.25, 0.3) is 5.92 Å². The van der Waals surface area contributed by atoms with Crippen LogP contribution in [0, 0.1) is 5.92 Å². The lowest BCUT2D eigenvalue weighted by Gasteiger charge is -2.37. The Hall–Kier alpha value is -2.88. The molecule has 6 rings (SSSR count). The van der Waals surface area contributed by atoms with Crippen LogP contribution in [0.4, 0.5) is 14.6 Å². The normalized spacial score (nSPS) is 23.7. The molecule has 1 amide bonds. The Morgan fingerprint density at radius 2 is 1.79 bits per heavy atom. The van der Waals surface area contributed by atoms with E-state index >= 15 is 0 Å². The Kier molecular flexibility index (Phi) is 7.64. The molecule has 0 bridgehead atoms. The molecule has 2 aromatic rings. The Morgan fingerprint density at radius 3 is 2.51 bits per heavy atom. The van der Waals surface area contributed by atoms with E-state index in [-0.39, 0.29) is 43.8 Å². The van der Waals surface area contributed by atoms with Crippen LogP contribution in [0.1, 0.15) is 80.1 Å². The van der Waals surface area contributed by atoms with Gasteiger partial charge in [0, 0.05) is 69.2 Å². The number of fused-ring (bicyclic) bond motifs is 1. The molecule has 210 valence electrons. The summed E-state index contributed by atoms with van der Waals surface area (Å²) in [6.07, 6.45) is 10.4. The Balaban J connectivity index is 1.14. The van der Waals surface area contributed by atoms with Gasteiger partial charge in [-0.3, -0.25) is 9.69 Å². The SMILES string of the molecule is O=C(NCC(c1cnc(OCC2CC2)nc1)N1CCC(F)(F)CC1)C1CCCc2nc(N3CCCC3)ccc21. The molecule has 8 nitrogen and oxygen atoms in total. The minimum absolute atomic E-state index is 0.0377. The van der Waals surface area contributed by atoms with Crippen molar-refractivity contribution < 1.29 is 18.3 Å². The monoisotopic (exact) mass is 540 g/mol. The number of likely N-dealkylation sites (tertiary alicyclic amines) is 1. The fourth-order valence-corrected chi connectivity index (χ4v) is 6.03. The molecule has 0 spiro atoms. The molecule has 2 atom stereocenters. The molecule has 4 heterocycles. The highest BCUT2D eigenvalue weighted by Gasteiger charge is 2.37. The summed E-state index contributed by atoms with van der Waals surface area (Å²) in [5.41, 5.74) is 2.83. The van der Waals surface area contributed by atoms with Crippen molar-refractivity contribution in [3.63, 3.8) is 0 Å². The van der Waals surface area contributed by atoms with Gasteiger partial charge in [0.05, 0.1) is 18.6 Å². The summed E-state index contributed by atoms with van der Waals surface area (Å²) in [6.45, 7) is 3.51. The molecule has 2 aliphatic carbocycles. The molecule has 1 saturated carbocycles. The first-order valence-electron chi connectivity index (χ1n) is 14.5. The van der Waals surface area contributed by atoms with Crippen molar-refractivity contribution in [3.05, 3.63) is 41.3 Å². The van der Waals surface area contributed by atoms with Gasteiger partial charge in [-0.25, -0.2) is 23.7 Å². The number of hydrogen-bond acceptors (Lipinski definition) is 7. The van der Waals surface area contributed by atoms with Crippen LogP contribution in [0.3, 0.4) is 0 Å². The van der Waals surface area contributed by atoms with E-state index in [1.54, 1.807) is 12.4 Å². The molecule has 2 aliphatic heterocycles. The van der Waals surface area contributed by atoms with E-state index in [0.717, 1.165) is 55.0 Å². The predicted octanol–water partition coefficient (Wildman–Crippen LogP) is 4.27. The zero-order valence-electron chi connectivity index (χ0n) is 22.5. The maximum Gasteiger partial charge on any atom is 0.316 e. The molecular weight excluding hydrogens is 502 g/mol. The fourth-order valence-electron chi connectivity index (χ4n) is 6.03. The number of pyridine rings is 1. The maximum atomic E-state index is 13.9. The minimum atomic E-state index is -2.64. The average Bonchev–Trinajstić information content (AvgIpc) is 3.62. The molecule has 39 heavy (non-hydrogen) atoms. The molecule has 0 radical (unpaired) electrons. The first kappa shape index (κ1) is 26.3. The van der Waals surface area contributed by atoms with Crippen LogP contribution < -0.4 is 15.0 Å². The van der Waals surface area contributed by atoms with Crippen LogP contribution in [-0.4, -0.2) is 71.0 Å². The van der Waals surface area contributed by atoms with Gasteiger partial charge < -0.3 is 15.0 Å². The second-order valence-electron chi connectivity index (χ2n) is 11.6. The van der Waals surface area contributed by atoms with E-state index < -0.39 is 5.92 Å². The van der Waals surface area contributed by atoms with Crippen molar-refractivity contribution >= 4 is 11.7 Å². The van der Waals surface area contributed by atoms with Gasteiger partial charge in [-0.2, -0.15) is 0 Å². The third-order valence-corrected chi connectivity index (χ3v) is 8.64. The molecule has 2 aromatic heterocycles. The quantitative estimate of drug-likeness (QED) is 0.509. The number of piperidine rings is 1. The first-order chi connectivity index (χ1) is 18.9. The van der Waals surface area contributed by atoms with Gasteiger partial charge >= 0.3 is 6.01 Å². The van der Waals surface area contributed by atoms with Crippen molar-refractivity contribution in [3.8, 4) is 6.01 Å². The minimum Gasteiger partial charge on any atom is -0.463 e. The summed E-state index contributed by atoms with van der Waals surface area (Å²) >= 11 is 0. The molecule has 1 N–H and O–H groups in total. The summed E-state index contributed by atoms with van der Waals surface area (Å²) in [6, 6.07) is 4.17. The highest BCUT2D eigenvalue weighted by atomic mass is 19.3. The second-order valence-corrected chi connectivity index (χ2v) is 11.6.